The third kappa shape index (κ3) is 4.67. The van der Waals surface area contributed by atoms with Gasteiger partial charge in [0.2, 0.25) is 0 Å². The van der Waals surface area contributed by atoms with E-state index >= 15 is 0 Å². The van der Waals surface area contributed by atoms with Crippen LogP contribution in [0.4, 0.5) is 0 Å². The van der Waals surface area contributed by atoms with Gasteiger partial charge in [0.15, 0.2) is 8.07 Å². The van der Waals surface area contributed by atoms with E-state index in [2.05, 4.69) is 15.9 Å². The Morgan fingerprint density at radius 3 is 1.67 bits per heavy atom. The van der Waals surface area contributed by atoms with Crippen molar-refractivity contribution >= 4 is 66.6 Å². The van der Waals surface area contributed by atoms with Crippen LogP contribution in [0, 0.1) is 0 Å². The van der Waals surface area contributed by atoms with Crippen molar-refractivity contribution in [3.63, 3.8) is 0 Å². The summed E-state index contributed by atoms with van der Waals surface area (Å²) >= 11 is 3.12. The molecule has 7 aromatic carbocycles. The summed E-state index contributed by atoms with van der Waals surface area (Å²) in [7, 11) is -6.42. The van der Waals surface area contributed by atoms with Crippen LogP contribution in [0.25, 0.3) is 38.6 Å². The Morgan fingerprint density at radius 2 is 1.00 bits per heavy atom. The third-order valence-electron chi connectivity index (χ3n) is 6.91. The van der Waals surface area contributed by atoms with Crippen LogP contribution in [0.3, 0.4) is 0 Å². The van der Waals surface area contributed by atoms with Gasteiger partial charge in [-0.1, -0.05) is 155 Å². The number of rotatable bonds is 6. The van der Waals surface area contributed by atoms with Crippen LogP contribution in [0.1, 0.15) is 39.8 Å². The van der Waals surface area contributed by atoms with E-state index in [-0.39, 0.29) is 10.0 Å². The minimum atomic E-state index is -6.42. The topological polar surface area (TPSA) is 4.93 Å². The maximum Gasteiger partial charge on any atom is 0.179 e. The van der Waals surface area contributed by atoms with E-state index in [4.69, 9.17) is 20.6 Å². The van der Waals surface area contributed by atoms with E-state index in [1.54, 1.807) is 0 Å². The second kappa shape index (κ2) is 11.5. The first-order valence-electron chi connectivity index (χ1n) is 27.4. The number of fused-ring (bicyclic) bond motifs is 3. The zero-order valence-electron chi connectivity index (χ0n) is 51.4. The summed E-state index contributed by atoms with van der Waals surface area (Å²) in [5.41, 5.74) is -3.58. The monoisotopic (exact) mass is 684 g/mol. The molecule has 0 fully saturated rings. The molecular formula is C42H30BrNSi. The molecule has 0 radical (unpaired) electrons. The largest absolute Gasteiger partial charge is 0.309 e. The van der Waals surface area contributed by atoms with Crippen LogP contribution in [-0.2, 0) is 0 Å². The molecule has 3 heteroatoms. The van der Waals surface area contributed by atoms with Crippen LogP contribution < -0.4 is 20.7 Å². The summed E-state index contributed by atoms with van der Waals surface area (Å²) in [4.78, 5) is 0. The Kier molecular flexibility index (Phi) is 2.70. The molecular weight excluding hydrogens is 626 g/mol. The minimum Gasteiger partial charge on any atom is -0.309 e. The predicted octanol–water partition coefficient (Wildman–Crippen LogP) is 8.59. The number of hydrogen-bond donors (Lipinski definition) is 0. The number of aromatic nitrogens is 1. The lowest BCUT2D eigenvalue weighted by Gasteiger charge is -2.34. The van der Waals surface area contributed by atoms with Crippen molar-refractivity contribution in [3.05, 3.63) is 186 Å². The number of para-hydroxylation sites is 1. The average Bonchev–Trinajstić information content (AvgIpc) is 3.71. The van der Waals surface area contributed by atoms with Gasteiger partial charge < -0.3 is 4.57 Å². The van der Waals surface area contributed by atoms with Crippen molar-refractivity contribution in [1.29, 1.82) is 0 Å². The van der Waals surface area contributed by atoms with E-state index < -0.39 is 237 Å². The Bertz CT molecular complexity index is 3670. The highest BCUT2D eigenvalue weighted by molar-refractivity contribution is 9.10. The summed E-state index contributed by atoms with van der Waals surface area (Å²) in [6.07, 6.45) is 0. The summed E-state index contributed by atoms with van der Waals surface area (Å²) in [6, 6.07) is -30.8. The van der Waals surface area contributed by atoms with Crippen LogP contribution in [0.15, 0.2) is 186 Å². The number of halogens is 1. The molecule has 214 valence electrons. The van der Waals surface area contributed by atoms with E-state index in [1.165, 1.54) is 0 Å². The third-order valence-corrected chi connectivity index (χ3v) is 11.3. The first-order chi connectivity index (χ1) is 34.3. The van der Waals surface area contributed by atoms with Crippen LogP contribution >= 0.6 is 15.9 Å². The van der Waals surface area contributed by atoms with E-state index in [1.807, 2.05) is 0 Å². The van der Waals surface area contributed by atoms with Crippen LogP contribution in [0.2, 0.25) is 0 Å². The highest BCUT2D eigenvalue weighted by atomic mass is 79.9. The fourth-order valence-corrected chi connectivity index (χ4v) is 8.94. The summed E-state index contributed by atoms with van der Waals surface area (Å²) in [6.45, 7) is 0. The van der Waals surface area contributed by atoms with Gasteiger partial charge in [-0.25, -0.2) is 0 Å². The summed E-state index contributed by atoms with van der Waals surface area (Å²) in [5.74, 6) is 0. The van der Waals surface area contributed by atoms with Gasteiger partial charge in [0.05, 0.1) is 50.8 Å². The van der Waals surface area contributed by atoms with Gasteiger partial charge >= 0.3 is 0 Å². The molecule has 0 aliphatic rings. The highest BCUT2D eigenvalue weighted by Crippen LogP contribution is 2.35. The molecule has 0 spiro atoms. The fourth-order valence-electron chi connectivity index (χ4n) is 5.06. The first-order valence-corrected chi connectivity index (χ1v) is 15.7. The summed E-state index contributed by atoms with van der Waals surface area (Å²) < 4.78 is 264. The van der Waals surface area contributed by atoms with Crippen molar-refractivity contribution in [1.82, 2.24) is 4.57 Å². The zero-order valence-corrected chi connectivity index (χ0v) is 25.0. The van der Waals surface area contributed by atoms with Gasteiger partial charge in [-0.05, 0) is 74.2 Å². The number of hydrogen-bond acceptors (Lipinski definition) is 0. The minimum absolute atomic E-state index is 0.0862. The van der Waals surface area contributed by atoms with E-state index in [9.17, 15) is 19.2 Å². The van der Waals surface area contributed by atoms with Gasteiger partial charge in [-0.15, -0.1) is 0 Å². The molecule has 0 aliphatic heterocycles. The molecule has 0 bridgehead atoms. The summed E-state index contributed by atoms with van der Waals surface area (Å²) in [5, 5.41) is -5.95. The SMILES string of the molecule is [2H]c1c(Br)cc(-c2c([2H])c([2H])c3c(c2[2H])c2c([2H])c([2H])c([2H])c([2H])c2n3-c2c([2H])c([2H])c([2H])c([Si](c3c([2H])c([2H])c([2H])c([2H])c3[2H])(c3c([2H])c([2H])c([2H])c([2H])c3[2H])c3c([2H])c([2H])c([2H])c([2H])c3[2H])c2[2H])c([2H])c1[2H]. The van der Waals surface area contributed by atoms with Crippen molar-refractivity contribution in [2.75, 3.05) is 0 Å². The Labute approximate surface area is 313 Å². The molecule has 8 aromatic rings. The molecule has 1 aromatic heterocycles. The molecule has 45 heavy (non-hydrogen) atoms. The van der Waals surface area contributed by atoms with E-state index in [0.29, 0.717) is 4.57 Å². The maximum atomic E-state index is 10.3. The first kappa shape index (κ1) is 10.6. The lowest BCUT2D eigenvalue weighted by atomic mass is 10.0. The highest BCUT2D eigenvalue weighted by Gasteiger charge is 2.41. The molecule has 1 heterocycles. The average molecular weight is 686 g/mol. The van der Waals surface area contributed by atoms with Crippen LogP contribution in [-0.4, -0.2) is 12.6 Å². The smallest absolute Gasteiger partial charge is 0.179 e. The fraction of sp³-hybridized carbons (Fsp3) is 0. The van der Waals surface area contributed by atoms with Gasteiger partial charge in [-0.3, -0.25) is 0 Å². The quantitative estimate of drug-likeness (QED) is 0.122. The molecule has 0 N–H and O–H groups in total. The van der Waals surface area contributed by atoms with Gasteiger partial charge in [0.1, 0.15) is 0 Å². The molecule has 8 rings (SSSR count). The van der Waals surface area contributed by atoms with Crippen LogP contribution in [0.5, 0.6) is 0 Å². The molecule has 1 nitrogen and oxygen atoms in total. The van der Waals surface area contributed by atoms with Crippen molar-refractivity contribution < 1.29 is 39.8 Å². The number of nitrogens with zero attached hydrogens (tertiary/aromatic N) is 1. The lowest BCUT2D eigenvalue weighted by molar-refractivity contribution is 1.18. The molecule has 0 saturated carbocycles. The molecule has 0 amide bonds. The Hall–Kier alpha value is -4.96. The van der Waals surface area contributed by atoms with Crippen molar-refractivity contribution in [3.8, 4) is 16.8 Å². The molecule has 0 aliphatic carbocycles. The standard InChI is InChI=1S/C42H30BrNSi/c43-33-15-12-14-31(28-33)32-26-27-42-40(29-32)39-24-10-11-25-41(39)44(42)34-16-13-23-38(30-34)45(35-17-4-1-5-18-35,36-19-6-2-7-20-36)37-21-8-3-9-22-37/h1-30H/i1D,2D,3D,4D,5D,6D,7D,8D,9D,10D,11D,12D,13D,14D,15D,16D,17D,18D,19D,20D,21D,22D,23D,24D,25D,26D,27D,29D,30D. The normalized spacial score (nSPS) is 20.7. The van der Waals surface area contributed by atoms with E-state index in [0.717, 1.165) is 6.07 Å². The van der Waals surface area contributed by atoms with Gasteiger partial charge in [0.25, 0.3) is 0 Å². The van der Waals surface area contributed by atoms with Crippen molar-refractivity contribution in [2.24, 2.45) is 0 Å². The zero-order chi connectivity index (χ0) is 55.5. The predicted molar refractivity (Wildman–Crippen MR) is 198 cm³/mol. The number of benzene rings is 7. The molecule has 0 atom stereocenters. The Morgan fingerprint density at radius 1 is 0.444 bits per heavy atom. The van der Waals surface area contributed by atoms with Gasteiger partial charge in [0, 0.05) is 20.9 Å². The van der Waals surface area contributed by atoms with Gasteiger partial charge in [-0.2, -0.15) is 0 Å². The maximum absolute atomic E-state index is 10.3. The second-order valence-corrected chi connectivity index (χ2v) is 13.6. The lowest BCUT2D eigenvalue weighted by Crippen LogP contribution is -2.74. The molecule has 0 saturated heterocycles. The molecule has 0 unspecified atom stereocenters. The Balaban J connectivity index is 1.79. The van der Waals surface area contributed by atoms with Crippen molar-refractivity contribution in [2.45, 2.75) is 0 Å². The second-order valence-electron chi connectivity index (χ2n) is 9.29.